The van der Waals surface area contributed by atoms with Crippen molar-refractivity contribution in [1.82, 2.24) is 29.9 Å². The number of aryl methyl sites for hydroxylation is 1. The van der Waals surface area contributed by atoms with E-state index in [1.54, 1.807) is 10.9 Å². The van der Waals surface area contributed by atoms with E-state index in [4.69, 9.17) is 0 Å². The van der Waals surface area contributed by atoms with Crippen molar-refractivity contribution in [2.75, 3.05) is 7.05 Å². The van der Waals surface area contributed by atoms with E-state index in [2.05, 4.69) is 20.6 Å². The number of aromatic nitrogens is 5. The molecular formula is C9H14N6. The summed E-state index contributed by atoms with van der Waals surface area (Å²) < 4.78 is 3.76. The maximum absolute atomic E-state index is 4.23. The van der Waals surface area contributed by atoms with Crippen LogP contribution in [0.25, 0.3) is 0 Å². The van der Waals surface area contributed by atoms with E-state index in [9.17, 15) is 0 Å². The van der Waals surface area contributed by atoms with Crippen molar-refractivity contribution in [2.45, 2.75) is 13.1 Å². The van der Waals surface area contributed by atoms with Crippen LogP contribution in [-0.2, 0) is 20.1 Å². The molecule has 0 aromatic carbocycles. The first-order chi connectivity index (χ1) is 7.29. The molecule has 0 spiro atoms. The van der Waals surface area contributed by atoms with Crippen LogP contribution in [0.3, 0.4) is 0 Å². The van der Waals surface area contributed by atoms with Gasteiger partial charge in [-0.05, 0) is 7.05 Å². The molecule has 1 N–H and O–H groups in total. The highest BCUT2D eigenvalue weighted by atomic mass is 15.4. The van der Waals surface area contributed by atoms with Crippen LogP contribution in [0.15, 0.2) is 18.6 Å². The molecule has 0 saturated heterocycles. The number of nitrogens with zero attached hydrogens (tertiary/aromatic N) is 5. The Labute approximate surface area is 87.9 Å². The summed E-state index contributed by atoms with van der Waals surface area (Å²) in [6, 6.07) is 0. The summed E-state index contributed by atoms with van der Waals surface area (Å²) in [6.45, 7) is 1.39. The lowest BCUT2D eigenvalue weighted by molar-refractivity contribution is 0.607. The molecule has 80 valence electrons. The average Bonchev–Trinajstić information content (AvgIpc) is 2.79. The SMILES string of the molecule is CNCc1cn(Cc2nccn2C)nn1. The number of hydrogen-bond donors (Lipinski definition) is 1. The number of hydrogen-bond acceptors (Lipinski definition) is 4. The summed E-state index contributed by atoms with van der Waals surface area (Å²) in [5.74, 6) is 0.968. The van der Waals surface area contributed by atoms with Crippen LogP contribution in [0, 0.1) is 0 Å². The summed E-state index contributed by atoms with van der Waals surface area (Å²) in [5, 5.41) is 11.1. The molecule has 2 aromatic rings. The lowest BCUT2D eigenvalue weighted by atomic mass is 10.5. The zero-order valence-electron chi connectivity index (χ0n) is 8.88. The second-order valence-electron chi connectivity index (χ2n) is 3.39. The summed E-state index contributed by atoms with van der Waals surface area (Å²) in [7, 11) is 3.85. The van der Waals surface area contributed by atoms with Gasteiger partial charge in [0, 0.05) is 26.0 Å². The highest BCUT2D eigenvalue weighted by molar-refractivity contribution is 4.96. The Hall–Kier alpha value is -1.69. The molecule has 0 fully saturated rings. The fraction of sp³-hybridized carbons (Fsp3) is 0.444. The molecular weight excluding hydrogens is 192 g/mol. The minimum atomic E-state index is 0.653. The monoisotopic (exact) mass is 206 g/mol. The fourth-order valence-electron chi connectivity index (χ4n) is 1.37. The fourth-order valence-corrected chi connectivity index (χ4v) is 1.37. The Morgan fingerprint density at radius 2 is 2.33 bits per heavy atom. The number of nitrogens with one attached hydrogen (secondary N) is 1. The van der Waals surface area contributed by atoms with Gasteiger partial charge in [0.1, 0.15) is 12.4 Å². The average molecular weight is 206 g/mol. The molecule has 0 amide bonds. The maximum atomic E-state index is 4.23. The van der Waals surface area contributed by atoms with Gasteiger partial charge in [0.05, 0.1) is 11.9 Å². The highest BCUT2D eigenvalue weighted by Crippen LogP contribution is 1.99. The summed E-state index contributed by atoms with van der Waals surface area (Å²) in [5.41, 5.74) is 0.937. The van der Waals surface area contributed by atoms with Crippen LogP contribution in [0.1, 0.15) is 11.5 Å². The van der Waals surface area contributed by atoms with Gasteiger partial charge in [-0.25, -0.2) is 9.67 Å². The van der Waals surface area contributed by atoms with Crippen molar-refractivity contribution in [3.8, 4) is 0 Å². The lowest BCUT2D eigenvalue weighted by Gasteiger charge is -2.00. The van der Waals surface area contributed by atoms with Crippen molar-refractivity contribution < 1.29 is 0 Å². The standard InChI is InChI=1S/C9H14N6/c1-10-5-8-6-15(13-12-8)7-9-11-3-4-14(9)2/h3-4,6,10H,5,7H2,1-2H3. The largest absolute Gasteiger partial charge is 0.336 e. The Morgan fingerprint density at radius 3 is 3.00 bits per heavy atom. The van der Waals surface area contributed by atoms with Crippen LogP contribution in [0.2, 0.25) is 0 Å². The third kappa shape index (κ3) is 2.21. The summed E-state index contributed by atoms with van der Waals surface area (Å²) in [4.78, 5) is 4.23. The van der Waals surface area contributed by atoms with Gasteiger partial charge in [-0.3, -0.25) is 0 Å². The van der Waals surface area contributed by atoms with Crippen LogP contribution in [0.4, 0.5) is 0 Å². The zero-order chi connectivity index (χ0) is 10.7. The van der Waals surface area contributed by atoms with Crippen molar-refractivity contribution in [3.63, 3.8) is 0 Å². The highest BCUT2D eigenvalue weighted by Gasteiger charge is 2.03. The molecule has 0 bridgehead atoms. The van der Waals surface area contributed by atoms with Crippen LogP contribution in [0.5, 0.6) is 0 Å². The summed E-state index contributed by atoms with van der Waals surface area (Å²) >= 11 is 0. The van der Waals surface area contributed by atoms with Gasteiger partial charge in [0.25, 0.3) is 0 Å². The smallest absolute Gasteiger partial charge is 0.130 e. The molecule has 15 heavy (non-hydrogen) atoms. The van der Waals surface area contributed by atoms with Crippen molar-refractivity contribution in [3.05, 3.63) is 30.1 Å². The Balaban J connectivity index is 2.08. The van der Waals surface area contributed by atoms with E-state index in [0.717, 1.165) is 18.1 Å². The van der Waals surface area contributed by atoms with Gasteiger partial charge in [-0.1, -0.05) is 5.21 Å². The minimum absolute atomic E-state index is 0.653. The third-order valence-electron chi connectivity index (χ3n) is 2.17. The molecule has 0 saturated carbocycles. The van der Waals surface area contributed by atoms with E-state index in [-0.39, 0.29) is 0 Å². The second-order valence-corrected chi connectivity index (χ2v) is 3.39. The van der Waals surface area contributed by atoms with Gasteiger partial charge < -0.3 is 9.88 Å². The van der Waals surface area contributed by atoms with Crippen molar-refractivity contribution in [2.24, 2.45) is 7.05 Å². The second kappa shape index (κ2) is 4.22. The van der Waals surface area contributed by atoms with E-state index < -0.39 is 0 Å². The molecule has 0 aliphatic heterocycles. The topological polar surface area (TPSA) is 60.6 Å². The molecule has 2 aromatic heterocycles. The molecule has 0 radical (unpaired) electrons. The normalized spacial score (nSPS) is 10.8. The Bertz CT molecular complexity index is 429. The molecule has 0 atom stereocenters. The van der Waals surface area contributed by atoms with Gasteiger partial charge in [-0.2, -0.15) is 0 Å². The first kappa shape index (κ1) is 9.85. The van der Waals surface area contributed by atoms with E-state index >= 15 is 0 Å². The zero-order valence-corrected chi connectivity index (χ0v) is 8.88. The molecule has 2 heterocycles. The number of rotatable bonds is 4. The minimum Gasteiger partial charge on any atom is -0.336 e. The Morgan fingerprint density at radius 1 is 1.47 bits per heavy atom. The van der Waals surface area contributed by atoms with E-state index in [0.29, 0.717) is 6.54 Å². The first-order valence-electron chi connectivity index (χ1n) is 4.79. The summed E-state index contributed by atoms with van der Waals surface area (Å²) in [6.07, 6.45) is 5.62. The van der Waals surface area contributed by atoms with Crippen LogP contribution in [-0.4, -0.2) is 31.6 Å². The van der Waals surface area contributed by atoms with Crippen molar-refractivity contribution >= 4 is 0 Å². The van der Waals surface area contributed by atoms with Crippen LogP contribution < -0.4 is 5.32 Å². The van der Waals surface area contributed by atoms with Crippen LogP contribution >= 0.6 is 0 Å². The first-order valence-corrected chi connectivity index (χ1v) is 4.79. The van der Waals surface area contributed by atoms with Gasteiger partial charge in [-0.15, -0.1) is 5.10 Å². The predicted octanol–water partition coefficient (Wildman–Crippen LogP) is -0.221. The molecule has 6 nitrogen and oxygen atoms in total. The van der Waals surface area contributed by atoms with Gasteiger partial charge in [0.15, 0.2) is 0 Å². The lowest BCUT2D eigenvalue weighted by Crippen LogP contribution is -2.06. The third-order valence-corrected chi connectivity index (χ3v) is 2.17. The van der Waals surface area contributed by atoms with Gasteiger partial charge in [0.2, 0.25) is 0 Å². The molecule has 0 aliphatic rings. The van der Waals surface area contributed by atoms with E-state index in [1.165, 1.54) is 0 Å². The molecule has 0 unspecified atom stereocenters. The molecule has 2 rings (SSSR count). The number of imidazole rings is 1. The van der Waals surface area contributed by atoms with Crippen molar-refractivity contribution in [1.29, 1.82) is 0 Å². The quantitative estimate of drug-likeness (QED) is 0.751. The predicted molar refractivity (Wildman–Crippen MR) is 55.1 cm³/mol. The Kier molecular flexibility index (Phi) is 2.77. The van der Waals surface area contributed by atoms with Gasteiger partial charge >= 0.3 is 0 Å². The maximum Gasteiger partial charge on any atom is 0.130 e. The van der Waals surface area contributed by atoms with E-state index in [1.807, 2.05) is 31.1 Å². The molecule has 6 heteroatoms. The molecule has 0 aliphatic carbocycles.